The van der Waals surface area contributed by atoms with Crippen molar-refractivity contribution in [1.82, 2.24) is 24.5 Å². The number of amides is 1. The first-order valence-corrected chi connectivity index (χ1v) is 11.8. The number of fused-ring (bicyclic) bond motifs is 3. The number of carbonyl (C=O) groups is 2. The third-order valence-corrected chi connectivity index (χ3v) is 6.58. The van der Waals surface area contributed by atoms with Crippen molar-refractivity contribution < 1.29 is 14.3 Å². The molecule has 2 aromatic heterocycles. The van der Waals surface area contributed by atoms with Crippen LogP contribution < -0.4 is 10.9 Å². The Kier molecular flexibility index (Phi) is 6.97. The monoisotopic (exact) mass is 479 g/mol. The highest BCUT2D eigenvalue weighted by Gasteiger charge is 2.19. The molecular formula is C24H25N5O4S. The summed E-state index contributed by atoms with van der Waals surface area (Å²) in [6, 6.07) is 13.1. The molecule has 0 saturated heterocycles. The van der Waals surface area contributed by atoms with E-state index < -0.39 is 0 Å². The summed E-state index contributed by atoms with van der Waals surface area (Å²) in [4.78, 5) is 37.0. The van der Waals surface area contributed by atoms with E-state index in [4.69, 9.17) is 0 Å². The molecule has 34 heavy (non-hydrogen) atoms. The normalized spacial score (nSPS) is 11.1. The standard InChI is InChI=1S/C24H25N5O4S/c1-15-8-6-11-18(16(15)2)28-22(32)17-9-4-5-10-19(17)29-23(28)26-27-24(29)34-14-20(30)25-13-7-12-21(31)33-3/h4-6,8-11H,7,12-14H2,1-3H3,(H,25,30). The molecule has 2 heterocycles. The first kappa shape index (κ1) is 23.5. The van der Waals surface area contributed by atoms with Crippen molar-refractivity contribution in [2.45, 2.75) is 31.8 Å². The number of hydrogen-bond donors (Lipinski definition) is 1. The summed E-state index contributed by atoms with van der Waals surface area (Å²) in [7, 11) is 1.34. The van der Waals surface area contributed by atoms with Crippen molar-refractivity contribution in [3.63, 3.8) is 0 Å². The number of hydrogen-bond acceptors (Lipinski definition) is 7. The van der Waals surface area contributed by atoms with Crippen LogP contribution in [0.3, 0.4) is 0 Å². The molecule has 0 unspecified atom stereocenters. The lowest BCUT2D eigenvalue weighted by atomic mass is 10.1. The molecule has 0 saturated carbocycles. The van der Waals surface area contributed by atoms with E-state index in [1.807, 2.05) is 54.6 Å². The molecule has 0 atom stereocenters. The number of aryl methyl sites for hydroxylation is 1. The van der Waals surface area contributed by atoms with Gasteiger partial charge in [0.1, 0.15) is 0 Å². The van der Waals surface area contributed by atoms with Gasteiger partial charge in [-0.15, -0.1) is 10.2 Å². The van der Waals surface area contributed by atoms with E-state index in [1.54, 1.807) is 10.6 Å². The number of methoxy groups -OCH3 is 1. The topological polar surface area (TPSA) is 108 Å². The quantitative estimate of drug-likeness (QED) is 0.235. The summed E-state index contributed by atoms with van der Waals surface area (Å²) in [6.07, 6.45) is 0.754. The van der Waals surface area contributed by atoms with Gasteiger partial charge in [0.25, 0.3) is 5.56 Å². The van der Waals surface area contributed by atoms with E-state index in [2.05, 4.69) is 20.3 Å². The van der Waals surface area contributed by atoms with Gasteiger partial charge >= 0.3 is 5.97 Å². The van der Waals surface area contributed by atoms with Crippen molar-refractivity contribution in [1.29, 1.82) is 0 Å². The Bertz CT molecular complexity index is 1440. The number of nitrogens with zero attached hydrogens (tertiary/aromatic N) is 4. The van der Waals surface area contributed by atoms with Crippen LogP contribution in [0.5, 0.6) is 0 Å². The van der Waals surface area contributed by atoms with Gasteiger partial charge in [-0.3, -0.25) is 18.8 Å². The third-order valence-electron chi connectivity index (χ3n) is 5.65. The van der Waals surface area contributed by atoms with E-state index in [9.17, 15) is 14.4 Å². The van der Waals surface area contributed by atoms with Gasteiger partial charge in [-0.1, -0.05) is 36.0 Å². The molecule has 4 aromatic rings. The molecule has 0 aliphatic rings. The highest BCUT2D eigenvalue weighted by Crippen LogP contribution is 2.25. The lowest BCUT2D eigenvalue weighted by Crippen LogP contribution is -2.26. The molecule has 0 radical (unpaired) electrons. The SMILES string of the molecule is COC(=O)CCCNC(=O)CSc1nnc2n(-c3cccc(C)c3C)c(=O)c3ccccc3n12. The third kappa shape index (κ3) is 4.54. The Morgan fingerprint density at radius 1 is 1.09 bits per heavy atom. The van der Waals surface area contributed by atoms with E-state index in [1.165, 1.54) is 18.9 Å². The van der Waals surface area contributed by atoms with Gasteiger partial charge in [0, 0.05) is 13.0 Å². The zero-order valence-corrected chi connectivity index (χ0v) is 20.0. The summed E-state index contributed by atoms with van der Waals surface area (Å²) in [5.74, 6) is 0.0214. The molecule has 176 valence electrons. The first-order valence-electron chi connectivity index (χ1n) is 10.8. The van der Waals surface area contributed by atoms with Crippen LogP contribution in [-0.2, 0) is 14.3 Å². The molecule has 4 rings (SSSR count). The maximum Gasteiger partial charge on any atom is 0.305 e. The van der Waals surface area contributed by atoms with Gasteiger partial charge in [-0.2, -0.15) is 0 Å². The van der Waals surface area contributed by atoms with Gasteiger partial charge in [-0.05, 0) is 49.6 Å². The van der Waals surface area contributed by atoms with E-state index in [0.717, 1.165) is 16.8 Å². The predicted molar refractivity (Wildman–Crippen MR) is 131 cm³/mol. The van der Waals surface area contributed by atoms with Crippen molar-refractivity contribution in [2.24, 2.45) is 0 Å². The Balaban J connectivity index is 1.67. The maximum atomic E-state index is 13.5. The van der Waals surface area contributed by atoms with Crippen LogP contribution in [-0.4, -0.2) is 50.4 Å². The summed E-state index contributed by atoms with van der Waals surface area (Å²) in [6.45, 7) is 4.35. The Hall–Kier alpha value is -3.66. The first-order chi connectivity index (χ1) is 16.4. The largest absolute Gasteiger partial charge is 0.469 e. The lowest BCUT2D eigenvalue weighted by Gasteiger charge is -2.14. The van der Waals surface area contributed by atoms with Crippen LogP contribution >= 0.6 is 11.8 Å². The second-order valence-corrected chi connectivity index (χ2v) is 8.76. The van der Waals surface area contributed by atoms with Crippen molar-refractivity contribution in [3.05, 3.63) is 63.9 Å². The lowest BCUT2D eigenvalue weighted by molar-refractivity contribution is -0.140. The summed E-state index contributed by atoms with van der Waals surface area (Å²) >= 11 is 1.24. The number of nitrogens with one attached hydrogen (secondary N) is 1. The summed E-state index contributed by atoms with van der Waals surface area (Å²) in [5.41, 5.74) is 3.28. The van der Waals surface area contributed by atoms with Crippen LogP contribution in [0.1, 0.15) is 24.0 Å². The van der Waals surface area contributed by atoms with Gasteiger partial charge < -0.3 is 10.1 Å². The second kappa shape index (κ2) is 10.1. The van der Waals surface area contributed by atoms with E-state index >= 15 is 0 Å². The second-order valence-electron chi connectivity index (χ2n) is 7.81. The van der Waals surface area contributed by atoms with Crippen molar-refractivity contribution >= 4 is 40.3 Å². The molecular weight excluding hydrogens is 454 g/mol. The number of carbonyl (C=O) groups excluding carboxylic acids is 2. The molecule has 0 fully saturated rings. The van der Waals surface area contributed by atoms with Crippen LogP contribution in [0.2, 0.25) is 0 Å². The van der Waals surface area contributed by atoms with Gasteiger partial charge in [0.2, 0.25) is 11.7 Å². The molecule has 1 N–H and O–H groups in total. The Labute approximate surface area is 200 Å². The molecule has 9 nitrogen and oxygen atoms in total. The zero-order valence-electron chi connectivity index (χ0n) is 19.2. The number of aromatic nitrogens is 4. The fourth-order valence-corrected chi connectivity index (χ4v) is 4.48. The highest BCUT2D eigenvalue weighted by molar-refractivity contribution is 7.99. The fourth-order valence-electron chi connectivity index (χ4n) is 3.71. The van der Waals surface area contributed by atoms with Crippen molar-refractivity contribution in [3.8, 4) is 5.69 Å². The molecule has 2 aromatic carbocycles. The molecule has 0 spiro atoms. The smallest absolute Gasteiger partial charge is 0.305 e. The van der Waals surface area contributed by atoms with Gasteiger partial charge in [-0.25, -0.2) is 4.57 Å². The number of benzene rings is 2. The van der Waals surface area contributed by atoms with E-state index in [0.29, 0.717) is 34.8 Å². The fraction of sp³-hybridized carbons (Fsp3) is 0.292. The number of rotatable bonds is 8. The van der Waals surface area contributed by atoms with Crippen LogP contribution in [0.25, 0.3) is 22.4 Å². The summed E-state index contributed by atoms with van der Waals surface area (Å²) in [5, 5.41) is 12.5. The molecule has 1 amide bonds. The van der Waals surface area contributed by atoms with Gasteiger partial charge in [0.15, 0.2) is 5.16 Å². The average molecular weight is 480 g/mol. The summed E-state index contributed by atoms with van der Waals surface area (Å²) < 4.78 is 7.99. The minimum atomic E-state index is -0.305. The molecule has 0 bridgehead atoms. The Morgan fingerprint density at radius 3 is 2.68 bits per heavy atom. The maximum absolute atomic E-state index is 13.5. The molecule has 0 aliphatic heterocycles. The van der Waals surface area contributed by atoms with Crippen LogP contribution in [0, 0.1) is 13.8 Å². The van der Waals surface area contributed by atoms with Crippen LogP contribution in [0.15, 0.2) is 52.4 Å². The Morgan fingerprint density at radius 2 is 1.88 bits per heavy atom. The predicted octanol–water partition coefficient (Wildman–Crippen LogP) is 2.81. The van der Waals surface area contributed by atoms with Crippen molar-refractivity contribution in [2.75, 3.05) is 19.4 Å². The highest BCUT2D eigenvalue weighted by atomic mass is 32.2. The average Bonchev–Trinajstić information content (AvgIpc) is 3.26. The molecule has 10 heteroatoms. The van der Waals surface area contributed by atoms with Gasteiger partial charge in [0.05, 0.1) is 29.5 Å². The number of ether oxygens (including phenoxy) is 1. The van der Waals surface area contributed by atoms with E-state index in [-0.39, 0.29) is 29.6 Å². The molecule has 0 aliphatic carbocycles. The number of para-hydroxylation sites is 1. The minimum absolute atomic E-state index is 0.121. The minimum Gasteiger partial charge on any atom is -0.469 e. The zero-order chi connectivity index (χ0) is 24.2. The number of thioether (sulfide) groups is 1. The van der Waals surface area contributed by atoms with Crippen LogP contribution in [0.4, 0.5) is 0 Å². The number of esters is 1.